The van der Waals surface area contributed by atoms with Gasteiger partial charge in [-0.2, -0.15) is 0 Å². The van der Waals surface area contributed by atoms with Crippen LogP contribution in [0.1, 0.15) is 69.1 Å². The van der Waals surface area contributed by atoms with E-state index in [0.717, 1.165) is 35.4 Å². The zero-order valence-electron chi connectivity index (χ0n) is 14.6. The molecule has 124 valence electrons. The summed E-state index contributed by atoms with van der Waals surface area (Å²) < 4.78 is 5.37. The van der Waals surface area contributed by atoms with Gasteiger partial charge in [0.2, 0.25) is 0 Å². The number of hydrogen-bond donors (Lipinski definition) is 1. The van der Waals surface area contributed by atoms with Crippen LogP contribution in [-0.4, -0.2) is 17.7 Å². The first kappa shape index (κ1) is 18.5. The summed E-state index contributed by atoms with van der Waals surface area (Å²) in [5.74, 6) is 0.556. The number of benzene rings is 1. The van der Waals surface area contributed by atoms with Crippen molar-refractivity contribution in [3.8, 4) is 5.75 Å². The number of carbonyl (C=O) groups excluding carboxylic acids is 1. The summed E-state index contributed by atoms with van der Waals surface area (Å²) in [5.41, 5.74) is 2.49. The van der Waals surface area contributed by atoms with Crippen molar-refractivity contribution in [2.24, 2.45) is 5.92 Å². The lowest BCUT2D eigenvalue weighted by Gasteiger charge is -2.14. The quantitative estimate of drug-likeness (QED) is 0.550. The minimum absolute atomic E-state index is 0.187. The second kappa shape index (κ2) is 8.82. The molecule has 3 nitrogen and oxygen atoms in total. The Morgan fingerprint density at radius 1 is 1.09 bits per heavy atom. The van der Waals surface area contributed by atoms with Gasteiger partial charge in [0.15, 0.2) is 0 Å². The number of carbonyl (C=O) groups is 1. The molecule has 0 amide bonds. The molecule has 1 atom stereocenters. The molecule has 1 unspecified atom stereocenters. The molecule has 1 rings (SSSR count). The fourth-order valence-corrected chi connectivity index (χ4v) is 2.50. The van der Waals surface area contributed by atoms with E-state index < -0.39 is 0 Å². The minimum atomic E-state index is -0.298. The number of phenols is 1. The lowest BCUT2D eigenvalue weighted by atomic mass is 9.96. The first-order valence-electron chi connectivity index (χ1n) is 8.29. The van der Waals surface area contributed by atoms with Gasteiger partial charge >= 0.3 is 5.97 Å². The molecule has 22 heavy (non-hydrogen) atoms. The van der Waals surface area contributed by atoms with Crippen LogP contribution in [0, 0.1) is 19.8 Å². The maximum atomic E-state index is 12.1. The van der Waals surface area contributed by atoms with Gasteiger partial charge in [-0.3, -0.25) is 4.79 Å². The smallest absolute Gasteiger partial charge is 0.313 e. The molecule has 1 aromatic rings. The fraction of sp³-hybridized carbons (Fsp3) is 0.632. The first-order valence-corrected chi connectivity index (χ1v) is 8.29. The summed E-state index contributed by atoms with van der Waals surface area (Å²) in [4.78, 5) is 12.1. The zero-order chi connectivity index (χ0) is 16.7. The van der Waals surface area contributed by atoms with Gasteiger partial charge in [0.1, 0.15) is 5.75 Å². The third-order valence-corrected chi connectivity index (χ3v) is 4.04. The molecule has 0 radical (unpaired) electrons. The zero-order valence-corrected chi connectivity index (χ0v) is 14.6. The van der Waals surface area contributed by atoms with Gasteiger partial charge in [-0.05, 0) is 49.8 Å². The third kappa shape index (κ3) is 5.70. The summed E-state index contributed by atoms with van der Waals surface area (Å²) in [6.45, 7) is 10.5. The van der Waals surface area contributed by atoms with E-state index in [1.807, 2.05) is 32.9 Å². The summed E-state index contributed by atoms with van der Waals surface area (Å²) in [6, 6.07) is 3.72. The van der Waals surface area contributed by atoms with E-state index in [0.29, 0.717) is 12.4 Å². The Bertz CT molecular complexity index is 468. The molecular weight excluding hydrogens is 276 g/mol. The lowest BCUT2D eigenvalue weighted by molar-refractivity contribution is -0.145. The molecule has 1 aromatic carbocycles. The molecule has 0 aliphatic carbocycles. The average molecular weight is 306 g/mol. The van der Waals surface area contributed by atoms with Crippen molar-refractivity contribution in [1.29, 1.82) is 0 Å². The summed E-state index contributed by atoms with van der Waals surface area (Å²) >= 11 is 0. The van der Waals surface area contributed by atoms with Crippen molar-refractivity contribution in [3.05, 3.63) is 28.8 Å². The Morgan fingerprint density at radius 2 is 1.68 bits per heavy atom. The topological polar surface area (TPSA) is 46.5 Å². The summed E-state index contributed by atoms with van der Waals surface area (Å²) in [7, 11) is 0. The SMILES string of the molecule is Cc1cc(C(C)C(=O)OCCCCCC(C)C)cc(C)c1O. The third-order valence-electron chi connectivity index (χ3n) is 4.04. The number of hydrogen-bond acceptors (Lipinski definition) is 3. The van der Waals surface area contributed by atoms with E-state index >= 15 is 0 Å². The Morgan fingerprint density at radius 3 is 2.23 bits per heavy atom. The fourth-order valence-electron chi connectivity index (χ4n) is 2.50. The largest absolute Gasteiger partial charge is 0.507 e. The maximum Gasteiger partial charge on any atom is 0.313 e. The van der Waals surface area contributed by atoms with Crippen molar-refractivity contribution >= 4 is 5.97 Å². The standard InChI is InChI=1S/C19H30O3/c1-13(2)9-7-6-8-10-22-19(21)16(5)17-11-14(3)18(20)15(4)12-17/h11-13,16,20H,6-10H2,1-5H3. The number of phenolic OH excluding ortho intramolecular Hbond substituents is 1. The number of aryl methyl sites for hydroxylation is 2. The van der Waals surface area contributed by atoms with Gasteiger partial charge in [-0.15, -0.1) is 0 Å². The number of unbranched alkanes of at least 4 members (excludes halogenated alkanes) is 2. The molecule has 0 aliphatic rings. The van der Waals surface area contributed by atoms with Crippen molar-refractivity contribution in [2.75, 3.05) is 6.61 Å². The van der Waals surface area contributed by atoms with Crippen molar-refractivity contribution in [1.82, 2.24) is 0 Å². The van der Waals surface area contributed by atoms with Crippen LogP contribution >= 0.6 is 0 Å². The highest BCUT2D eigenvalue weighted by Gasteiger charge is 2.18. The van der Waals surface area contributed by atoms with Crippen molar-refractivity contribution < 1.29 is 14.6 Å². The van der Waals surface area contributed by atoms with Gasteiger partial charge in [0.05, 0.1) is 12.5 Å². The summed E-state index contributed by atoms with van der Waals surface area (Å²) in [5, 5.41) is 9.80. The van der Waals surface area contributed by atoms with E-state index in [1.54, 1.807) is 0 Å². The van der Waals surface area contributed by atoms with Crippen LogP contribution < -0.4 is 0 Å². The molecule has 0 heterocycles. The van der Waals surface area contributed by atoms with Crippen LogP contribution in [0.5, 0.6) is 5.75 Å². The highest BCUT2D eigenvalue weighted by atomic mass is 16.5. The van der Waals surface area contributed by atoms with Crippen LogP contribution in [0.2, 0.25) is 0 Å². The monoisotopic (exact) mass is 306 g/mol. The van der Waals surface area contributed by atoms with Crippen molar-refractivity contribution in [3.63, 3.8) is 0 Å². The van der Waals surface area contributed by atoms with Crippen LogP contribution in [-0.2, 0) is 9.53 Å². The Labute approximate surface area is 134 Å². The predicted molar refractivity (Wildman–Crippen MR) is 90.3 cm³/mol. The van der Waals surface area contributed by atoms with Gasteiger partial charge in [0, 0.05) is 0 Å². The number of esters is 1. The molecule has 0 aliphatic heterocycles. The second-order valence-corrected chi connectivity index (χ2v) is 6.64. The van der Waals surface area contributed by atoms with E-state index in [4.69, 9.17) is 4.74 Å². The molecule has 0 spiro atoms. The first-order chi connectivity index (χ1) is 10.3. The summed E-state index contributed by atoms with van der Waals surface area (Å²) in [6.07, 6.45) is 4.47. The average Bonchev–Trinajstić information content (AvgIpc) is 2.46. The van der Waals surface area contributed by atoms with E-state index in [1.165, 1.54) is 12.8 Å². The van der Waals surface area contributed by atoms with E-state index in [9.17, 15) is 9.90 Å². The Balaban J connectivity index is 2.42. The highest BCUT2D eigenvalue weighted by Crippen LogP contribution is 2.27. The lowest BCUT2D eigenvalue weighted by Crippen LogP contribution is -2.14. The molecule has 0 bridgehead atoms. The van der Waals surface area contributed by atoms with Crippen LogP contribution in [0.3, 0.4) is 0 Å². The van der Waals surface area contributed by atoms with Crippen molar-refractivity contribution in [2.45, 2.75) is 66.2 Å². The Kier molecular flexibility index (Phi) is 7.43. The van der Waals surface area contributed by atoms with E-state index in [-0.39, 0.29) is 11.9 Å². The number of aromatic hydroxyl groups is 1. The Hall–Kier alpha value is -1.51. The van der Waals surface area contributed by atoms with Gasteiger partial charge in [-0.25, -0.2) is 0 Å². The molecule has 0 saturated heterocycles. The van der Waals surface area contributed by atoms with Crippen LogP contribution in [0.25, 0.3) is 0 Å². The maximum absolute atomic E-state index is 12.1. The van der Waals surface area contributed by atoms with Gasteiger partial charge in [-0.1, -0.05) is 45.2 Å². The molecule has 0 saturated carbocycles. The van der Waals surface area contributed by atoms with Gasteiger partial charge in [0.25, 0.3) is 0 Å². The molecular formula is C19H30O3. The van der Waals surface area contributed by atoms with Crippen LogP contribution in [0.15, 0.2) is 12.1 Å². The molecule has 1 N–H and O–H groups in total. The van der Waals surface area contributed by atoms with Gasteiger partial charge < -0.3 is 9.84 Å². The number of ether oxygens (including phenoxy) is 1. The van der Waals surface area contributed by atoms with E-state index in [2.05, 4.69) is 13.8 Å². The molecule has 0 aromatic heterocycles. The minimum Gasteiger partial charge on any atom is -0.507 e. The molecule has 0 fully saturated rings. The highest BCUT2D eigenvalue weighted by molar-refractivity contribution is 5.78. The van der Waals surface area contributed by atoms with Crippen LogP contribution in [0.4, 0.5) is 0 Å². The second-order valence-electron chi connectivity index (χ2n) is 6.64. The molecule has 3 heteroatoms. The normalized spacial score (nSPS) is 12.5. The number of rotatable bonds is 8. The predicted octanol–water partition coefficient (Wildman–Crippen LogP) is 4.87.